The van der Waals surface area contributed by atoms with Crippen molar-refractivity contribution in [2.75, 3.05) is 17.0 Å². The third-order valence-corrected chi connectivity index (χ3v) is 5.05. The lowest BCUT2D eigenvalue weighted by Gasteiger charge is -2.10. The number of rotatable bonds is 7. The summed E-state index contributed by atoms with van der Waals surface area (Å²) in [6.45, 7) is 0.743. The molecule has 0 amide bonds. The van der Waals surface area contributed by atoms with Crippen molar-refractivity contribution in [1.29, 1.82) is 0 Å². The summed E-state index contributed by atoms with van der Waals surface area (Å²) in [6.07, 6.45) is 3.03. The van der Waals surface area contributed by atoms with E-state index in [1.54, 1.807) is 18.2 Å². The molecule has 0 spiro atoms. The Hall–Kier alpha value is -0.300. The van der Waals surface area contributed by atoms with Gasteiger partial charge in [-0.15, -0.1) is 0 Å². The Balaban J connectivity index is 1.84. The average Bonchev–Trinajstić information content (AvgIpc) is 3.12. The van der Waals surface area contributed by atoms with Crippen LogP contribution in [-0.4, -0.2) is 26.8 Å². The zero-order valence-electron chi connectivity index (χ0n) is 10.3. The summed E-state index contributed by atoms with van der Waals surface area (Å²) in [6, 6.07) is 5.57. The Bertz CT molecular complexity index is 547. The Morgan fingerprint density at radius 2 is 2.11 bits per heavy atom. The van der Waals surface area contributed by atoms with Crippen LogP contribution in [0.25, 0.3) is 0 Å². The molecule has 0 heterocycles. The SMILES string of the molecule is O=S(=O)(CCCNC1CC1)Nc1ccc(Cl)cc1Br. The summed E-state index contributed by atoms with van der Waals surface area (Å²) >= 11 is 9.10. The van der Waals surface area contributed by atoms with Crippen LogP contribution in [0.2, 0.25) is 5.02 Å². The number of halogens is 2. The molecule has 0 unspecified atom stereocenters. The second kappa shape index (κ2) is 6.43. The minimum atomic E-state index is -3.31. The van der Waals surface area contributed by atoms with Crippen LogP contribution in [0.3, 0.4) is 0 Å². The van der Waals surface area contributed by atoms with Gasteiger partial charge in [-0.25, -0.2) is 8.42 Å². The molecule has 0 atom stereocenters. The van der Waals surface area contributed by atoms with E-state index in [0.29, 0.717) is 27.6 Å². The fourth-order valence-electron chi connectivity index (χ4n) is 1.65. The lowest BCUT2D eigenvalue weighted by atomic mass is 10.3. The normalized spacial score (nSPS) is 15.5. The van der Waals surface area contributed by atoms with Gasteiger partial charge >= 0.3 is 0 Å². The third-order valence-electron chi connectivity index (χ3n) is 2.80. The summed E-state index contributed by atoms with van der Waals surface area (Å²) < 4.78 is 27.0. The van der Waals surface area contributed by atoms with Crippen LogP contribution >= 0.6 is 27.5 Å². The van der Waals surface area contributed by atoms with Gasteiger partial charge in [-0.05, 0) is 59.9 Å². The number of nitrogens with one attached hydrogen (secondary N) is 2. The molecule has 1 fully saturated rings. The van der Waals surface area contributed by atoms with Crippen LogP contribution in [0.1, 0.15) is 19.3 Å². The number of benzene rings is 1. The third kappa shape index (κ3) is 5.30. The minimum absolute atomic E-state index is 0.113. The molecule has 4 nitrogen and oxygen atoms in total. The largest absolute Gasteiger partial charge is 0.314 e. The van der Waals surface area contributed by atoms with E-state index >= 15 is 0 Å². The van der Waals surface area contributed by atoms with E-state index in [-0.39, 0.29) is 5.75 Å². The maximum atomic E-state index is 11.9. The predicted octanol–water partition coefficient (Wildman–Crippen LogP) is 2.99. The van der Waals surface area contributed by atoms with E-state index in [1.807, 2.05) is 0 Å². The monoisotopic (exact) mass is 366 g/mol. The first-order valence-electron chi connectivity index (χ1n) is 6.15. The molecule has 0 aromatic heterocycles. The molecule has 0 aliphatic heterocycles. The van der Waals surface area contributed by atoms with Crippen LogP contribution in [0.5, 0.6) is 0 Å². The van der Waals surface area contributed by atoms with Crippen LogP contribution in [0.4, 0.5) is 5.69 Å². The maximum Gasteiger partial charge on any atom is 0.232 e. The highest BCUT2D eigenvalue weighted by atomic mass is 79.9. The molecule has 0 radical (unpaired) electrons. The van der Waals surface area contributed by atoms with Gasteiger partial charge in [0, 0.05) is 15.5 Å². The van der Waals surface area contributed by atoms with Crippen molar-refractivity contribution < 1.29 is 8.42 Å². The highest BCUT2D eigenvalue weighted by Crippen LogP contribution is 2.26. The summed E-state index contributed by atoms with van der Waals surface area (Å²) in [5.74, 6) is 0.113. The van der Waals surface area contributed by atoms with Crippen molar-refractivity contribution in [2.45, 2.75) is 25.3 Å². The standard InChI is InChI=1S/C12H16BrClN2O2S/c13-11-8-9(14)2-5-12(11)16-19(17,18)7-1-6-15-10-3-4-10/h2,5,8,10,15-16H,1,3-4,6-7H2. The van der Waals surface area contributed by atoms with Crippen molar-refractivity contribution in [2.24, 2.45) is 0 Å². The van der Waals surface area contributed by atoms with Crippen LogP contribution in [-0.2, 0) is 10.0 Å². The smallest absolute Gasteiger partial charge is 0.232 e. The number of hydrogen-bond donors (Lipinski definition) is 2. The van der Waals surface area contributed by atoms with E-state index in [2.05, 4.69) is 26.0 Å². The summed E-state index contributed by atoms with van der Waals surface area (Å²) in [4.78, 5) is 0. The molecule has 0 saturated heterocycles. The molecule has 2 rings (SSSR count). The molecule has 0 bridgehead atoms. The predicted molar refractivity (Wildman–Crippen MR) is 82.2 cm³/mol. The molecule has 19 heavy (non-hydrogen) atoms. The first-order valence-corrected chi connectivity index (χ1v) is 8.97. The van der Waals surface area contributed by atoms with Gasteiger partial charge in [0.1, 0.15) is 0 Å². The average molecular weight is 368 g/mol. The van der Waals surface area contributed by atoms with Crippen molar-refractivity contribution >= 4 is 43.2 Å². The van der Waals surface area contributed by atoms with Gasteiger partial charge in [0.05, 0.1) is 11.4 Å². The first-order chi connectivity index (χ1) is 8.96. The van der Waals surface area contributed by atoms with Crippen molar-refractivity contribution in [3.8, 4) is 0 Å². The number of hydrogen-bond acceptors (Lipinski definition) is 3. The molecular weight excluding hydrogens is 352 g/mol. The van der Waals surface area contributed by atoms with Gasteiger partial charge in [-0.1, -0.05) is 11.6 Å². The van der Waals surface area contributed by atoms with Gasteiger partial charge in [0.2, 0.25) is 10.0 Å². The molecule has 7 heteroatoms. The second-order valence-corrected chi connectivity index (χ2v) is 7.76. The lowest BCUT2D eigenvalue weighted by Crippen LogP contribution is -2.23. The molecular formula is C12H16BrClN2O2S. The molecule has 2 N–H and O–H groups in total. The first kappa shape index (κ1) is 15.1. The Morgan fingerprint density at radius 1 is 1.37 bits per heavy atom. The van der Waals surface area contributed by atoms with E-state index in [9.17, 15) is 8.42 Å². The molecule has 1 aromatic carbocycles. The fraction of sp³-hybridized carbons (Fsp3) is 0.500. The Kier molecular flexibility index (Phi) is 5.11. The summed E-state index contributed by atoms with van der Waals surface area (Å²) in [7, 11) is -3.31. The summed E-state index contributed by atoms with van der Waals surface area (Å²) in [5.41, 5.74) is 0.513. The second-order valence-electron chi connectivity index (χ2n) is 4.63. The van der Waals surface area contributed by atoms with Crippen molar-refractivity contribution in [1.82, 2.24) is 5.32 Å². The van der Waals surface area contributed by atoms with E-state index < -0.39 is 10.0 Å². The molecule has 1 aromatic rings. The van der Waals surface area contributed by atoms with Gasteiger partial charge in [0.25, 0.3) is 0 Å². The number of sulfonamides is 1. The zero-order valence-corrected chi connectivity index (χ0v) is 13.5. The molecule has 106 valence electrons. The topological polar surface area (TPSA) is 58.2 Å². The molecule has 1 saturated carbocycles. The van der Waals surface area contributed by atoms with Gasteiger partial charge < -0.3 is 5.32 Å². The molecule has 1 aliphatic rings. The van der Waals surface area contributed by atoms with E-state index in [1.165, 1.54) is 12.8 Å². The highest BCUT2D eigenvalue weighted by molar-refractivity contribution is 9.10. The quantitative estimate of drug-likeness (QED) is 0.728. The van der Waals surface area contributed by atoms with E-state index in [4.69, 9.17) is 11.6 Å². The zero-order chi connectivity index (χ0) is 13.9. The Labute approximate surface area is 127 Å². The maximum absolute atomic E-state index is 11.9. The van der Waals surface area contributed by atoms with Gasteiger partial charge in [0.15, 0.2) is 0 Å². The van der Waals surface area contributed by atoms with Gasteiger partial charge in [-0.3, -0.25) is 4.72 Å². The van der Waals surface area contributed by atoms with Crippen molar-refractivity contribution in [3.05, 3.63) is 27.7 Å². The van der Waals surface area contributed by atoms with Crippen LogP contribution in [0.15, 0.2) is 22.7 Å². The van der Waals surface area contributed by atoms with Crippen LogP contribution in [0, 0.1) is 0 Å². The van der Waals surface area contributed by atoms with Gasteiger partial charge in [-0.2, -0.15) is 0 Å². The Morgan fingerprint density at radius 3 is 2.74 bits per heavy atom. The minimum Gasteiger partial charge on any atom is -0.314 e. The number of anilines is 1. The van der Waals surface area contributed by atoms with E-state index in [0.717, 1.165) is 6.54 Å². The summed E-state index contributed by atoms with van der Waals surface area (Å²) in [5, 5.41) is 3.85. The highest BCUT2D eigenvalue weighted by Gasteiger charge is 2.20. The van der Waals surface area contributed by atoms with Crippen molar-refractivity contribution in [3.63, 3.8) is 0 Å². The lowest BCUT2D eigenvalue weighted by molar-refractivity contribution is 0.593. The van der Waals surface area contributed by atoms with Crippen LogP contribution < -0.4 is 10.0 Å². The molecule has 1 aliphatic carbocycles. The fourth-order valence-corrected chi connectivity index (χ4v) is 3.70.